The highest BCUT2D eigenvalue weighted by Gasteiger charge is 2.09. The summed E-state index contributed by atoms with van der Waals surface area (Å²) in [4.78, 5) is 4.59. The lowest BCUT2D eigenvalue weighted by Gasteiger charge is -2.06. The molecule has 0 radical (unpaired) electrons. The summed E-state index contributed by atoms with van der Waals surface area (Å²) in [5.41, 5.74) is 2.37. The van der Waals surface area contributed by atoms with Gasteiger partial charge in [-0.15, -0.1) is 0 Å². The van der Waals surface area contributed by atoms with Crippen LogP contribution in [0.1, 0.15) is 30.0 Å². The number of aromatic nitrogens is 2. The Morgan fingerprint density at radius 2 is 2.00 bits per heavy atom. The Kier molecular flexibility index (Phi) is 4.19. The monoisotopic (exact) mass is 307 g/mol. The van der Waals surface area contributed by atoms with Crippen LogP contribution in [-0.4, -0.2) is 16.6 Å². The van der Waals surface area contributed by atoms with Crippen LogP contribution in [-0.2, 0) is 6.54 Å². The van der Waals surface area contributed by atoms with Crippen molar-refractivity contribution in [2.75, 3.05) is 7.05 Å². The zero-order chi connectivity index (χ0) is 13.1. The number of aryl methyl sites for hydroxylation is 1. The fraction of sp³-hybridized carbons (Fsp3) is 0.357. The molecule has 0 fully saturated rings. The molecule has 96 valence electrons. The standard InChI is InChI=1S/C14H18BrN3/c1-10(16-3)14-9-18(11(2)17-14)8-12-4-6-13(15)7-5-12/h4-7,9-10,16H,8H2,1-3H3. The fourth-order valence-electron chi connectivity index (χ4n) is 1.84. The second-order valence-corrected chi connectivity index (χ2v) is 5.39. The van der Waals surface area contributed by atoms with E-state index in [2.05, 4.69) is 68.2 Å². The zero-order valence-corrected chi connectivity index (χ0v) is 12.5. The van der Waals surface area contributed by atoms with Crippen LogP contribution in [0, 0.1) is 6.92 Å². The summed E-state index contributed by atoms with van der Waals surface area (Å²) in [5, 5.41) is 3.21. The SMILES string of the molecule is CNC(C)c1cn(Cc2ccc(Br)cc2)c(C)n1. The Labute approximate surface area is 116 Å². The molecule has 0 saturated heterocycles. The van der Waals surface area contributed by atoms with Crippen molar-refractivity contribution in [2.24, 2.45) is 0 Å². The first kappa shape index (κ1) is 13.3. The predicted molar refractivity (Wildman–Crippen MR) is 77.7 cm³/mol. The van der Waals surface area contributed by atoms with Gasteiger partial charge >= 0.3 is 0 Å². The van der Waals surface area contributed by atoms with Gasteiger partial charge in [0.2, 0.25) is 0 Å². The Balaban J connectivity index is 2.19. The molecule has 0 aliphatic rings. The van der Waals surface area contributed by atoms with Crippen LogP contribution < -0.4 is 5.32 Å². The van der Waals surface area contributed by atoms with E-state index >= 15 is 0 Å². The smallest absolute Gasteiger partial charge is 0.106 e. The molecule has 0 bridgehead atoms. The summed E-state index contributed by atoms with van der Waals surface area (Å²) in [5.74, 6) is 1.05. The fourth-order valence-corrected chi connectivity index (χ4v) is 2.10. The zero-order valence-electron chi connectivity index (χ0n) is 10.9. The maximum absolute atomic E-state index is 4.59. The Bertz CT molecular complexity index is 516. The molecule has 1 aromatic carbocycles. The molecular formula is C14H18BrN3. The molecule has 1 N–H and O–H groups in total. The van der Waals surface area contributed by atoms with Crippen molar-refractivity contribution in [1.29, 1.82) is 0 Å². The molecule has 2 aromatic rings. The molecule has 1 atom stereocenters. The minimum Gasteiger partial charge on any atom is -0.330 e. The summed E-state index contributed by atoms with van der Waals surface area (Å²) >= 11 is 3.45. The number of hydrogen-bond acceptors (Lipinski definition) is 2. The maximum Gasteiger partial charge on any atom is 0.106 e. The molecule has 1 unspecified atom stereocenters. The molecule has 0 aliphatic carbocycles. The van der Waals surface area contributed by atoms with Crippen molar-refractivity contribution in [3.63, 3.8) is 0 Å². The first-order valence-corrected chi connectivity index (χ1v) is 6.85. The second-order valence-electron chi connectivity index (χ2n) is 4.48. The number of imidazole rings is 1. The van der Waals surface area contributed by atoms with Gasteiger partial charge in [-0.2, -0.15) is 0 Å². The predicted octanol–water partition coefficient (Wildman–Crippen LogP) is 3.28. The molecule has 4 heteroatoms. The first-order chi connectivity index (χ1) is 8.60. The molecule has 1 heterocycles. The maximum atomic E-state index is 4.59. The average Bonchev–Trinajstić information content (AvgIpc) is 2.73. The third-order valence-electron chi connectivity index (χ3n) is 3.14. The molecule has 1 aromatic heterocycles. The van der Waals surface area contributed by atoms with Crippen molar-refractivity contribution in [1.82, 2.24) is 14.9 Å². The number of nitrogens with one attached hydrogen (secondary N) is 1. The minimum atomic E-state index is 0.287. The van der Waals surface area contributed by atoms with Crippen LogP contribution in [0.25, 0.3) is 0 Å². The van der Waals surface area contributed by atoms with E-state index in [0.29, 0.717) is 0 Å². The largest absolute Gasteiger partial charge is 0.330 e. The van der Waals surface area contributed by atoms with E-state index in [1.165, 1.54) is 5.56 Å². The summed E-state index contributed by atoms with van der Waals surface area (Å²) < 4.78 is 3.30. The van der Waals surface area contributed by atoms with Gasteiger partial charge in [0.15, 0.2) is 0 Å². The van der Waals surface area contributed by atoms with E-state index in [1.807, 2.05) is 14.0 Å². The van der Waals surface area contributed by atoms with Gasteiger partial charge in [-0.25, -0.2) is 4.98 Å². The first-order valence-electron chi connectivity index (χ1n) is 6.05. The van der Waals surface area contributed by atoms with Crippen molar-refractivity contribution < 1.29 is 0 Å². The highest BCUT2D eigenvalue weighted by Crippen LogP contribution is 2.15. The lowest BCUT2D eigenvalue weighted by atomic mass is 10.2. The summed E-state index contributed by atoms with van der Waals surface area (Å²) in [6.07, 6.45) is 2.12. The molecule has 0 amide bonds. The van der Waals surface area contributed by atoms with Crippen LogP contribution in [0.3, 0.4) is 0 Å². The van der Waals surface area contributed by atoms with E-state index in [4.69, 9.17) is 0 Å². The summed E-state index contributed by atoms with van der Waals surface area (Å²) in [6, 6.07) is 8.68. The minimum absolute atomic E-state index is 0.287. The van der Waals surface area contributed by atoms with Gasteiger partial charge in [-0.3, -0.25) is 0 Å². The van der Waals surface area contributed by atoms with Gasteiger partial charge in [0.25, 0.3) is 0 Å². The normalized spacial score (nSPS) is 12.7. The van der Waals surface area contributed by atoms with E-state index in [-0.39, 0.29) is 6.04 Å². The van der Waals surface area contributed by atoms with Gasteiger partial charge in [0.05, 0.1) is 5.69 Å². The van der Waals surface area contributed by atoms with Gasteiger partial charge in [-0.05, 0) is 38.6 Å². The number of nitrogens with zero attached hydrogens (tertiary/aromatic N) is 2. The number of benzene rings is 1. The molecule has 2 rings (SSSR count). The van der Waals surface area contributed by atoms with Crippen LogP contribution >= 0.6 is 15.9 Å². The number of hydrogen-bond donors (Lipinski definition) is 1. The lowest BCUT2D eigenvalue weighted by molar-refractivity contribution is 0.634. The molecular weight excluding hydrogens is 290 g/mol. The van der Waals surface area contributed by atoms with Gasteiger partial charge < -0.3 is 9.88 Å². The second kappa shape index (κ2) is 5.67. The van der Waals surface area contributed by atoms with E-state index in [1.54, 1.807) is 0 Å². The van der Waals surface area contributed by atoms with Crippen molar-refractivity contribution in [3.8, 4) is 0 Å². The quantitative estimate of drug-likeness (QED) is 0.939. The summed E-state index contributed by atoms with van der Waals surface area (Å²) in [7, 11) is 1.95. The van der Waals surface area contributed by atoms with Gasteiger partial charge in [-0.1, -0.05) is 28.1 Å². The van der Waals surface area contributed by atoms with Gasteiger partial charge in [0.1, 0.15) is 5.82 Å². The molecule has 0 aliphatic heterocycles. The Hall–Kier alpha value is -1.13. The third kappa shape index (κ3) is 3.00. The van der Waals surface area contributed by atoms with E-state index in [9.17, 15) is 0 Å². The highest BCUT2D eigenvalue weighted by molar-refractivity contribution is 9.10. The highest BCUT2D eigenvalue weighted by atomic mass is 79.9. The van der Waals surface area contributed by atoms with Crippen LogP contribution in [0.4, 0.5) is 0 Å². The van der Waals surface area contributed by atoms with Crippen molar-refractivity contribution in [2.45, 2.75) is 26.4 Å². The van der Waals surface area contributed by atoms with Gasteiger partial charge in [0, 0.05) is 23.3 Å². The van der Waals surface area contributed by atoms with Crippen molar-refractivity contribution >= 4 is 15.9 Å². The number of halogens is 1. The third-order valence-corrected chi connectivity index (χ3v) is 3.67. The van der Waals surface area contributed by atoms with Crippen molar-refractivity contribution in [3.05, 3.63) is 52.0 Å². The number of rotatable bonds is 4. The molecule has 18 heavy (non-hydrogen) atoms. The van der Waals surface area contributed by atoms with E-state index < -0.39 is 0 Å². The lowest BCUT2D eigenvalue weighted by Crippen LogP contribution is -2.12. The topological polar surface area (TPSA) is 29.9 Å². The van der Waals surface area contributed by atoms with Crippen LogP contribution in [0.5, 0.6) is 0 Å². The Morgan fingerprint density at radius 3 is 2.61 bits per heavy atom. The molecule has 0 saturated carbocycles. The van der Waals surface area contributed by atoms with E-state index in [0.717, 1.165) is 22.5 Å². The Morgan fingerprint density at radius 1 is 1.33 bits per heavy atom. The molecule has 0 spiro atoms. The van der Waals surface area contributed by atoms with Crippen LogP contribution in [0.15, 0.2) is 34.9 Å². The molecule has 3 nitrogen and oxygen atoms in total. The summed E-state index contributed by atoms with van der Waals surface area (Å²) in [6.45, 7) is 5.03. The van der Waals surface area contributed by atoms with Crippen LogP contribution in [0.2, 0.25) is 0 Å². The average molecular weight is 308 g/mol.